The lowest BCUT2D eigenvalue weighted by atomic mass is 9.70. The summed E-state index contributed by atoms with van der Waals surface area (Å²) >= 11 is 0. The van der Waals surface area contributed by atoms with Crippen molar-refractivity contribution >= 4 is 22.7 Å². The number of nitrogens with zero attached hydrogens (tertiary/aromatic N) is 3. The van der Waals surface area contributed by atoms with E-state index in [2.05, 4.69) is 174 Å². The summed E-state index contributed by atoms with van der Waals surface area (Å²) in [4.78, 5) is 6.85. The molecule has 0 amide bonds. The molecule has 0 radical (unpaired) electrons. The predicted octanol–water partition coefficient (Wildman–Crippen LogP) is 14.5. The molecule has 0 aliphatic carbocycles. The second-order valence-electron chi connectivity index (χ2n) is 20.7. The Kier molecular flexibility index (Phi) is 15.1. The molecule has 10 aromatic carbocycles. The normalized spacial score (nSPS) is 13.5. The Hall–Kier alpha value is -9.80. The van der Waals surface area contributed by atoms with Crippen LogP contribution in [0.25, 0.3) is 0 Å². The van der Waals surface area contributed by atoms with Crippen LogP contribution in [0.4, 0.5) is 22.7 Å². The number of fused-ring (bicyclic) bond motifs is 3. The van der Waals surface area contributed by atoms with E-state index in [9.17, 15) is 15.3 Å². The molecule has 5 N–H and O–H groups in total. The van der Waals surface area contributed by atoms with Crippen LogP contribution in [0.3, 0.4) is 0 Å². The first-order chi connectivity index (χ1) is 39.0. The standard InChI is InChI=1S/C44H39N3O3.C20H18O3.C6H7N/c1-44(35-17-20-41-32(23-35)26-45(29-48-41)38-11-5-2-6-12-38,36-18-21-42-33(24-36)27-46(30-49-42)39-13-7-3-8-14-39)37-19-22-43-34(25-37)28-47(31-50-43)40-15-9-4-10-16-40;1-20(14-2-8-17(21)9-3-14,15-4-10-18(22)11-5-15)16-6-12-19(23)13-7-16;7-6-4-2-1-3-5-6/h2-25H,26-31H2,1H3;2-13,21-23H,1H3;1-5H,7H2. The molecule has 0 fully saturated rings. The minimum absolute atomic E-state index is 0.215. The van der Waals surface area contributed by atoms with Gasteiger partial charge < -0.3 is 50.0 Å². The fourth-order valence-corrected chi connectivity index (χ4v) is 10.9. The molecule has 0 unspecified atom stereocenters. The van der Waals surface area contributed by atoms with Crippen LogP contribution in [-0.4, -0.2) is 35.5 Å². The summed E-state index contributed by atoms with van der Waals surface area (Å²) in [5.41, 5.74) is 18.9. The van der Waals surface area contributed by atoms with Crippen LogP contribution in [0.5, 0.6) is 34.5 Å². The van der Waals surface area contributed by atoms with E-state index in [1.165, 1.54) is 33.4 Å². The first-order valence-corrected chi connectivity index (χ1v) is 26.9. The zero-order valence-electron chi connectivity index (χ0n) is 44.9. The molecule has 3 aliphatic heterocycles. The number of nitrogens with two attached hydrogens (primary N) is 1. The zero-order valence-corrected chi connectivity index (χ0v) is 44.9. The summed E-state index contributed by atoms with van der Waals surface area (Å²) in [6.45, 7) is 8.34. The van der Waals surface area contributed by atoms with Crippen molar-refractivity contribution in [2.24, 2.45) is 0 Å². The molecule has 3 aliphatic rings. The van der Waals surface area contributed by atoms with E-state index < -0.39 is 10.8 Å². The van der Waals surface area contributed by atoms with E-state index >= 15 is 0 Å². The highest BCUT2D eigenvalue weighted by atomic mass is 16.5. The van der Waals surface area contributed by atoms with Crippen molar-refractivity contribution in [2.75, 3.05) is 40.6 Å². The third kappa shape index (κ3) is 11.1. The molecular formula is C70H64N4O6. The van der Waals surface area contributed by atoms with Gasteiger partial charge in [-0.3, -0.25) is 0 Å². The number of rotatable bonds is 9. The maximum Gasteiger partial charge on any atom is 0.161 e. The molecule has 13 rings (SSSR count). The molecule has 0 atom stereocenters. The predicted molar refractivity (Wildman–Crippen MR) is 320 cm³/mol. The molecular weight excluding hydrogens is 993 g/mol. The largest absolute Gasteiger partial charge is 0.508 e. The van der Waals surface area contributed by atoms with E-state index in [0.717, 1.165) is 76.3 Å². The molecule has 80 heavy (non-hydrogen) atoms. The molecule has 0 bridgehead atoms. The summed E-state index contributed by atoms with van der Waals surface area (Å²) in [5.74, 6) is 3.47. The number of nitrogen functional groups attached to an aromatic ring is 1. The van der Waals surface area contributed by atoms with E-state index in [-0.39, 0.29) is 17.2 Å². The Balaban J connectivity index is 0.000000185. The van der Waals surface area contributed by atoms with Gasteiger partial charge in [-0.15, -0.1) is 0 Å². The highest BCUT2D eigenvalue weighted by Crippen LogP contribution is 2.46. The summed E-state index contributed by atoms with van der Waals surface area (Å²) in [6.07, 6.45) is 0. The van der Waals surface area contributed by atoms with Gasteiger partial charge in [0.05, 0.1) is 0 Å². The number of anilines is 4. The smallest absolute Gasteiger partial charge is 0.161 e. The Morgan fingerprint density at radius 3 is 0.838 bits per heavy atom. The van der Waals surface area contributed by atoms with Crippen LogP contribution in [0, 0.1) is 0 Å². The first-order valence-electron chi connectivity index (χ1n) is 26.9. The SMILES string of the molecule is CC(c1ccc(O)cc1)(c1ccc(O)cc1)c1ccc(O)cc1.CC(c1ccc2c(c1)CN(c1ccccc1)CO2)(c1ccc2c(c1)CN(c1ccccc1)CO2)c1ccc2c(c1)CN(c1ccccc1)CO2.Nc1ccccc1. The van der Waals surface area contributed by atoms with E-state index in [1.807, 2.05) is 66.7 Å². The van der Waals surface area contributed by atoms with Crippen LogP contribution < -0.4 is 34.6 Å². The molecule has 10 nitrogen and oxygen atoms in total. The number of para-hydroxylation sites is 4. The van der Waals surface area contributed by atoms with Gasteiger partial charge in [-0.2, -0.15) is 0 Å². The highest BCUT2D eigenvalue weighted by molar-refractivity contribution is 5.61. The van der Waals surface area contributed by atoms with Gasteiger partial charge in [0.2, 0.25) is 0 Å². The first kappa shape index (κ1) is 52.3. The number of benzene rings is 10. The average Bonchev–Trinajstić information content (AvgIpc) is 3.56. The maximum atomic E-state index is 9.57. The van der Waals surface area contributed by atoms with Crippen LogP contribution in [0.15, 0.2) is 249 Å². The third-order valence-electron chi connectivity index (χ3n) is 15.6. The molecule has 10 aromatic rings. The van der Waals surface area contributed by atoms with Crippen molar-refractivity contribution < 1.29 is 29.5 Å². The van der Waals surface area contributed by atoms with E-state index in [4.69, 9.17) is 19.9 Å². The van der Waals surface area contributed by atoms with Gasteiger partial charge in [-0.25, -0.2) is 0 Å². The van der Waals surface area contributed by atoms with Gasteiger partial charge in [0, 0.05) is 69.9 Å². The van der Waals surface area contributed by atoms with Crippen LogP contribution in [0.1, 0.15) is 63.9 Å². The van der Waals surface area contributed by atoms with Crippen molar-refractivity contribution in [3.8, 4) is 34.5 Å². The summed E-state index contributed by atoms with van der Waals surface area (Å²) in [5, 5.41) is 28.7. The van der Waals surface area contributed by atoms with E-state index in [1.54, 1.807) is 36.4 Å². The highest BCUT2D eigenvalue weighted by Gasteiger charge is 2.36. The van der Waals surface area contributed by atoms with Crippen LogP contribution >= 0.6 is 0 Å². The molecule has 0 spiro atoms. The Morgan fingerprint density at radius 2 is 0.575 bits per heavy atom. The topological polar surface area (TPSA) is 124 Å². The molecule has 0 aromatic heterocycles. The lowest BCUT2D eigenvalue weighted by Crippen LogP contribution is -2.34. The minimum atomic E-state index is -0.488. The number of phenolic OH excluding ortho intramolecular Hbond substituents is 3. The van der Waals surface area contributed by atoms with Gasteiger partial charge in [0.1, 0.15) is 34.5 Å². The summed E-state index contributed by atoms with van der Waals surface area (Å²) < 4.78 is 18.9. The fourth-order valence-electron chi connectivity index (χ4n) is 10.9. The van der Waals surface area contributed by atoms with Crippen molar-refractivity contribution in [2.45, 2.75) is 44.3 Å². The lowest BCUT2D eigenvalue weighted by Gasteiger charge is -2.37. The zero-order chi connectivity index (χ0) is 55.1. The maximum absolute atomic E-state index is 9.57. The number of hydrogen-bond donors (Lipinski definition) is 4. The molecule has 0 saturated heterocycles. The number of hydrogen-bond acceptors (Lipinski definition) is 10. The van der Waals surface area contributed by atoms with Gasteiger partial charge in [0.15, 0.2) is 20.2 Å². The van der Waals surface area contributed by atoms with Gasteiger partial charge in [0.25, 0.3) is 0 Å². The Labute approximate surface area is 468 Å². The van der Waals surface area contributed by atoms with Crippen LogP contribution in [0.2, 0.25) is 0 Å². The molecule has 0 saturated carbocycles. The molecule has 400 valence electrons. The van der Waals surface area contributed by atoms with Gasteiger partial charge in [-0.05, 0) is 169 Å². The Bertz CT molecular complexity index is 3310. The van der Waals surface area contributed by atoms with Crippen molar-refractivity contribution in [1.29, 1.82) is 0 Å². The third-order valence-corrected chi connectivity index (χ3v) is 15.6. The lowest BCUT2D eigenvalue weighted by molar-refractivity contribution is 0.288. The molecule has 10 heteroatoms. The monoisotopic (exact) mass is 1060 g/mol. The van der Waals surface area contributed by atoms with E-state index in [0.29, 0.717) is 20.2 Å². The number of ether oxygens (including phenoxy) is 3. The number of phenols is 3. The second kappa shape index (κ2) is 23.0. The average molecular weight is 1060 g/mol. The fraction of sp³-hybridized carbons (Fsp3) is 0.143. The Morgan fingerprint density at radius 1 is 0.325 bits per heavy atom. The van der Waals surface area contributed by atoms with Crippen molar-refractivity contribution in [3.63, 3.8) is 0 Å². The van der Waals surface area contributed by atoms with Crippen molar-refractivity contribution in [1.82, 2.24) is 0 Å². The molecule has 3 heterocycles. The van der Waals surface area contributed by atoms with Gasteiger partial charge >= 0.3 is 0 Å². The number of aromatic hydroxyl groups is 3. The second-order valence-corrected chi connectivity index (χ2v) is 20.7. The van der Waals surface area contributed by atoms with Crippen molar-refractivity contribution in [3.05, 3.63) is 299 Å². The summed E-state index contributed by atoms with van der Waals surface area (Å²) in [7, 11) is 0. The quantitative estimate of drug-likeness (QED) is 0.0821. The summed E-state index contributed by atoms with van der Waals surface area (Å²) in [6, 6.07) is 82.5. The van der Waals surface area contributed by atoms with Crippen LogP contribution in [-0.2, 0) is 30.5 Å². The minimum Gasteiger partial charge on any atom is -0.508 e. The van der Waals surface area contributed by atoms with Gasteiger partial charge in [-0.1, -0.05) is 127 Å².